The number of nitrogens with zero attached hydrogens (tertiary/aromatic N) is 1. The van der Waals surface area contributed by atoms with Gasteiger partial charge in [0.25, 0.3) is 0 Å². The Labute approximate surface area is 154 Å². The number of carbonyl (C=O) groups is 1. The molecule has 1 unspecified atom stereocenters. The summed E-state index contributed by atoms with van der Waals surface area (Å²) in [6.45, 7) is 11.2. The fourth-order valence-corrected chi connectivity index (χ4v) is 2.63. The van der Waals surface area contributed by atoms with E-state index >= 15 is 0 Å². The molecule has 0 fully saturated rings. The number of aryl methyl sites for hydroxylation is 2. The highest BCUT2D eigenvalue weighted by molar-refractivity contribution is 5.91. The molecule has 1 N–H and O–H groups in total. The summed E-state index contributed by atoms with van der Waals surface area (Å²) in [6, 6.07) is 7.80. The molecule has 136 valence electrons. The lowest BCUT2D eigenvalue weighted by atomic mass is 10.1. The first-order chi connectivity index (χ1) is 12.5. The maximum atomic E-state index is 12.4. The standard InChI is InChI=1S/C21H24N2O3/c1-6-10-17(11-7-2)20-19(16(5)26-23-20)22-21(24)25-15(4)18-13-9-8-12-14(18)3/h6-13,15H,1H2,2-5H3,(H,22,24). The lowest BCUT2D eigenvalue weighted by molar-refractivity contribution is 0.121. The zero-order valence-electron chi connectivity index (χ0n) is 15.6. The third kappa shape index (κ3) is 4.51. The minimum Gasteiger partial charge on any atom is -0.441 e. The number of amides is 1. The van der Waals surface area contributed by atoms with Crippen LogP contribution >= 0.6 is 0 Å². The van der Waals surface area contributed by atoms with Crippen LogP contribution in [0.1, 0.15) is 42.5 Å². The molecule has 2 rings (SSSR count). The van der Waals surface area contributed by atoms with E-state index in [-0.39, 0.29) is 6.10 Å². The second-order valence-corrected chi connectivity index (χ2v) is 5.85. The second-order valence-electron chi connectivity index (χ2n) is 5.85. The van der Waals surface area contributed by atoms with E-state index in [1.807, 2.05) is 57.2 Å². The smallest absolute Gasteiger partial charge is 0.412 e. The summed E-state index contributed by atoms with van der Waals surface area (Å²) in [6.07, 6.45) is 6.25. The Kier molecular flexibility index (Phi) is 6.55. The van der Waals surface area contributed by atoms with E-state index in [1.54, 1.807) is 19.1 Å². The summed E-state index contributed by atoms with van der Waals surface area (Å²) >= 11 is 0. The fourth-order valence-electron chi connectivity index (χ4n) is 2.63. The summed E-state index contributed by atoms with van der Waals surface area (Å²) in [5.41, 5.74) is 3.82. The Morgan fingerprint density at radius 1 is 1.35 bits per heavy atom. The molecule has 1 heterocycles. The molecular weight excluding hydrogens is 328 g/mol. The molecule has 1 aromatic heterocycles. The summed E-state index contributed by atoms with van der Waals surface area (Å²) in [7, 11) is 0. The van der Waals surface area contributed by atoms with Crippen LogP contribution in [0.3, 0.4) is 0 Å². The van der Waals surface area contributed by atoms with Crippen LogP contribution in [-0.2, 0) is 4.74 Å². The lowest BCUT2D eigenvalue weighted by Gasteiger charge is -2.16. The molecular formula is C21H24N2O3. The van der Waals surface area contributed by atoms with Gasteiger partial charge in [0.15, 0.2) is 5.76 Å². The number of carbonyl (C=O) groups excluding carboxylic acids is 1. The Hall–Kier alpha value is -3.08. The highest BCUT2D eigenvalue weighted by Crippen LogP contribution is 2.28. The van der Waals surface area contributed by atoms with Crippen LogP contribution in [0, 0.1) is 13.8 Å². The Morgan fingerprint density at radius 2 is 2.08 bits per heavy atom. The summed E-state index contributed by atoms with van der Waals surface area (Å²) < 4.78 is 10.8. The number of aromatic nitrogens is 1. The summed E-state index contributed by atoms with van der Waals surface area (Å²) in [4.78, 5) is 12.4. The number of nitrogens with one attached hydrogen (secondary N) is 1. The highest BCUT2D eigenvalue weighted by Gasteiger charge is 2.20. The minimum atomic E-state index is -0.563. The fraction of sp³-hybridized carbons (Fsp3) is 0.238. The molecule has 5 nitrogen and oxygen atoms in total. The van der Waals surface area contributed by atoms with Gasteiger partial charge < -0.3 is 9.26 Å². The van der Waals surface area contributed by atoms with Crippen LogP contribution in [-0.4, -0.2) is 11.2 Å². The number of benzene rings is 1. The van der Waals surface area contributed by atoms with Crippen molar-refractivity contribution in [3.8, 4) is 0 Å². The summed E-state index contributed by atoms with van der Waals surface area (Å²) in [5.74, 6) is 0.500. The van der Waals surface area contributed by atoms with Crippen LogP contribution in [0.25, 0.3) is 5.57 Å². The quantitative estimate of drug-likeness (QED) is 0.673. The van der Waals surface area contributed by atoms with Crippen molar-refractivity contribution in [2.75, 3.05) is 5.32 Å². The van der Waals surface area contributed by atoms with E-state index < -0.39 is 6.09 Å². The zero-order chi connectivity index (χ0) is 19.1. The molecule has 0 saturated heterocycles. The molecule has 0 saturated carbocycles. The largest absolute Gasteiger partial charge is 0.441 e. The van der Waals surface area contributed by atoms with Crippen molar-refractivity contribution in [2.24, 2.45) is 0 Å². The molecule has 0 spiro atoms. The van der Waals surface area contributed by atoms with Crippen LogP contribution < -0.4 is 5.32 Å². The average molecular weight is 352 g/mol. The van der Waals surface area contributed by atoms with Gasteiger partial charge in [0.05, 0.1) is 0 Å². The van der Waals surface area contributed by atoms with Gasteiger partial charge in [-0.05, 0) is 38.8 Å². The van der Waals surface area contributed by atoms with Crippen LogP contribution in [0.2, 0.25) is 0 Å². The van der Waals surface area contributed by atoms with Gasteiger partial charge in [-0.25, -0.2) is 4.79 Å². The minimum absolute atomic E-state index is 0.376. The van der Waals surface area contributed by atoms with Gasteiger partial charge >= 0.3 is 6.09 Å². The number of allylic oxidation sites excluding steroid dienone is 5. The predicted octanol–water partition coefficient (Wildman–Crippen LogP) is 5.75. The molecule has 0 aliphatic heterocycles. The molecule has 1 amide bonds. The molecule has 26 heavy (non-hydrogen) atoms. The first kappa shape index (κ1) is 19.2. The second kappa shape index (κ2) is 8.85. The van der Waals surface area contributed by atoms with E-state index in [1.165, 1.54) is 0 Å². The van der Waals surface area contributed by atoms with Gasteiger partial charge in [-0.2, -0.15) is 0 Å². The molecule has 0 aliphatic carbocycles. The number of rotatable bonds is 6. The van der Waals surface area contributed by atoms with Gasteiger partial charge in [0.2, 0.25) is 0 Å². The van der Waals surface area contributed by atoms with E-state index in [9.17, 15) is 4.79 Å². The monoisotopic (exact) mass is 352 g/mol. The van der Waals surface area contributed by atoms with Gasteiger partial charge in [-0.1, -0.05) is 60.3 Å². The van der Waals surface area contributed by atoms with Gasteiger partial charge in [0.1, 0.15) is 17.5 Å². The zero-order valence-corrected chi connectivity index (χ0v) is 15.6. The normalized spacial score (nSPS) is 12.8. The number of anilines is 1. The molecule has 2 aromatic rings. The molecule has 0 radical (unpaired) electrons. The third-order valence-electron chi connectivity index (χ3n) is 3.92. The maximum absolute atomic E-state index is 12.4. The van der Waals surface area contributed by atoms with Gasteiger partial charge in [-0.3, -0.25) is 5.32 Å². The number of hydrogen-bond acceptors (Lipinski definition) is 4. The molecule has 0 aliphatic rings. The van der Waals surface area contributed by atoms with Crippen molar-refractivity contribution >= 4 is 17.4 Å². The molecule has 1 aromatic carbocycles. The predicted molar refractivity (Wildman–Crippen MR) is 104 cm³/mol. The maximum Gasteiger partial charge on any atom is 0.412 e. The SMILES string of the molecule is C=CC=C(C=CC)c1noc(C)c1NC(=O)OC(C)c1ccccc1C. The first-order valence-electron chi connectivity index (χ1n) is 8.43. The van der Waals surface area contributed by atoms with Gasteiger partial charge in [-0.15, -0.1) is 0 Å². The Bertz CT molecular complexity index is 847. The van der Waals surface area contributed by atoms with Crippen LogP contribution in [0.4, 0.5) is 10.5 Å². The van der Waals surface area contributed by atoms with Crippen molar-refractivity contribution in [1.82, 2.24) is 5.16 Å². The summed E-state index contributed by atoms with van der Waals surface area (Å²) in [5, 5.41) is 6.79. The lowest BCUT2D eigenvalue weighted by Crippen LogP contribution is -2.17. The van der Waals surface area contributed by atoms with Crippen molar-refractivity contribution in [3.05, 3.63) is 77.7 Å². The van der Waals surface area contributed by atoms with Crippen molar-refractivity contribution in [1.29, 1.82) is 0 Å². The average Bonchev–Trinajstić information content (AvgIpc) is 2.95. The van der Waals surface area contributed by atoms with Crippen molar-refractivity contribution < 1.29 is 14.1 Å². The number of hydrogen-bond donors (Lipinski definition) is 1. The van der Waals surface area contributed by atoms with Gasteiger partial charge in [0, 0.05) is 5.57 Å². The highest BCUT2D eigenvalue weighted by atomic mass is 16.6. The molecule has 0 bridgehead atoms. The first-order valence-corrected chi connectivity index (χ1v) is 8.43. The Balaban J connectivity index is 2.19. The van der Waals surface area contributed by atoms with E-state index in [4.69, 9.17) is 9.26 Å². The topological polar surface area (TPSA) is 64.4 Å². The third-order valence-corrected chi connectivity index (χ3v) is 3.92. The van der Waals surface area contributed by atoms with E-state index in [2.05, 4.69) is 17.1 Å². The van der Waals surface area contributed by atoms with Crippen LogP contribution in [0.15, 0.2) is 59.7 Å². The van der Waals surface area contributed by atoms with E-state index in [0.29, 0.717) is 17.1 Å². The van der Waals surface area contributed by atoms with Crippen molar-refractivity contribution in [2.45, 2.75) is 33.8 Å². The van der Waals surface area contributed by atoms with Crippen molar-refractivity contribution in [3.63, 3.8) is 0 Å². The number of ether oxygens (including phenoxy) is 1. The molecule has 1 atom stereocenters. The molecule has 5 heteroatoms. The Morgan fingerprint density at radius 3 is 2.73 bits per heavy atom. The van der Waals surface area contributed by atoms with E-state index in [0.717, 1.165) is 16.7 Å². The van der Waals surface area contributed by atoms with Crippen LogP contribution in [0.5, 0.6) is 0 Å².